The van der Waals surface area contributed by atoms with Gasteiger partial charge in [-0.05, 0) is 53.7 Å². The van der Waals surface area contributed by atoms with Crippen LogP contribution in [-0.4, -0.2) is 27.1 Å². The Hall–Kier alpha value is -3.52. The minimum absolute atomic E-state index is 0.0115. The topological polar surface area (TPSA) is 68.0 Å². The molecular weight excluding hydrogens is 437 g/mol. The third-order valence-electron chi connectivity index (χ3n) is 6.18. The predicted octanol–water partition coefficient (Wildman–Crippen LogP) is 3.72. The van der Waals surface area contributed by atoms with E-state index in [1.165, 1.54) is 11.8 Å². The van der Waals surface area contributed by atoms with Crippen LogP contribution in [0, 0.1) is 12.7 Å². The number of aromatic nitrogens is 3. The summed E-state index contributed by atoms with van der Waals surface area (Å²) in [4.78, 5) is 16.3. The van der Waals surface area contributed by atoms with Gasteiger partial charge in [-0.1, -0.05) is 30.3 Å². The molecule has 0 saturated heterocycles. The number of aryl methyl sites for hydroxylation is 1. The maximum Gasteiger partial charge on any atom is 0.331 e. The van der Waals surface area contributed by atoms with Crippen molar-refractivity contribution in [2.75, 3.05) is 12.3 Å². The van der Waals surface area contributed by atoms with Gasteiger partial charge in [-0.2, -0.15) is 5.10 Å². The summed E-state index contributed by atoms with van der Waals surface area (Å²) in [5.41, 5.74) is 11.2. The van der Waals surface area contributed by atoms with Gasteiger partial charge in [0.15, 0.2) is 0 Å². The predicted molar refractivity (Wildman–Crippen MR) is 127 cm³/mol. The first kappa shape index (κ1) is 21.3. The molecule has 33 heavy (non-hydrogen) atoms. The van der Waals surface area contributed by atoms with E-state index in [1.807, 2.05) is 52.9 Å². The van der Waals surface area contributed by atoms with Crippen molar-refractivity contribution >= 4 is 22.4 Å². The van der Waals surface area contributed by atoms with Gasteiger partial charge in [0.05, 0.1) is 29.9 Å². The van der Waals surface area contributed by atoms with E-state index in [0.717, 1.165) is 33.3 Å². The van der Waals surface area contributed by atoms with Gasteiger partial charge in [-0.25, -0.2) is 8.96 Å². The number of anilines is 1. The Morgan fingerprint density at radius 1 is 1.18 bits per heavy atom. The number of amides is 1. The van der Waals surface area contributed by atoms with Gasteiger partial charge in [-0.15, -0.1) is 0 Å². The molecule has 0 radical (unpaired) electrons. The van der Waals surface area contributed by atoms with Gasteiger partial charge < -0.3 is 4.90 Å². The van der Waals surface area contributed by atoms with E-state index in [0.29, 0.717) is 24.3 Å². The van der Waals surface area contributed by atoms with Crippen molar-refractivity contribution in [3.05, 3.63) is 76.5 Å². The lowest BCUT2D eigenvalue weighted by Gasteiger charge is -2.26. The van der Waals surface area contributed by atoms with Gasteiger partial charge in [0.1, 0.15) is 18.1 Å². The van der Waals surface area contributed by atoms with E-state index in [-0.39, 0.29) is 18.3 Å². The summed E-state index contributed by atoms with van der Waals surface area (Å²) >= 11 is 1.54. The van der Waals surface area contributed by atoms with Crippen LogP contribution in [0.4, 0.5) is 9.52 Å². The van der Waals surface area contributed by atoms with Crippen LogP contribution in [0.2, 0.25) is 0 Å². The number of fused-ring (bicyclic) bond motifs is 1. The SMILES string of the molecule is Cc1cc(-c2cc(-c3ccccc3)n(CC(=O)N3CCc4c(sc(N)[n+]4C)C3)n2)ccc1F. The number of halogens is 1. The average Bonchev–Trinajstić information content (AvgIpc) is 3.36. The average molecular weight is 463 g/mol. The quantitative estimate of drug-likeness (QED) is 0.470. The molecule has 1 amide bonds. The molecule has 0 aliphatic carbocycles. The normalized spacial score (nSPS) is 13.2. The summed E-state index contributed by atoms with van der Waals surface area (Å²) in [6.07, 6.45) is 0.788. The molecular formula is C25H25FN5OS+. The Kier molecular flexibility index (Phi) is 5.46. The zero-order chi connectivity index (χ0) is 23.1. The number of carbonyl (C=O) groups excluding carboxylic acids is 1. The van der Waals surface area contributed by atoms with Crippen molar-refractivity contribution in [1.29, 1.82) is 0 Å². The molecule has 1 aliphatic heterocycles. The largest absolute Gasteiger partial charge is 0.335 e. The molecule has 2 N–H and O–H groups in total. The van der Waals surface area contributed by atoms with Crippen molar-refractivity contribution in [3.63, 3.8) is 0 Å². The summed E-state index contributed by atoms with van der Waals surface area (Å²) < 4.78 is 17.6. The zero-order valence-corrected chi connectivity index (χ0v) is 19.4. The molecule has 0 fully saturated rings. The van der Waals surface area contributed by atoms with Crippen molar-refractivity contribution in [1.82, 2.24) is 14.7 Å². The number of nitrogens with zero attached hydrogens (tertiary/aromatic N) is 4. The standard InChI is InChI=1S/C25H24FN5OS/c1-16-12-18(8-9-19(16)26)20-13-22(17-6-4-3-5-7-17)31(28-20)15-24(32)30-11-10-21-23(14-30)33-25(27)29(21)2/h3-9,12-13,27H,10-11,14-15H2,1-2H3/p+1. The monoisotopic (exact) mass is 462 g/mol. The number of rotatable bonds is 4. The second-order valence-corrected chi connectivity index (χ2v) is 9.45. The minimum atomic E-state index is -0.247. The molecule has 3 heterocycles. The maximum atomic E-state index is 13.8. The van der Waals surface area contributed by atoms with Crippen molar-refractivity contribution < 1.29 is 13.8 Å². The lowest BCUT2D eigenvalue weighted by Crippen LogP contribution is -2.42. The van der Waals surface area contributed by atoms with Crippen molar-refractivity contribution in [3.8, 4) is 22.5 Å². The third kappa shape index (κ3) is 4.02. The number of thiazole rings is 1. The highest BCUT2D eigenvalue weighted by Crippen LogP contribution is 2.29. The Balaban J connectivity index is 1.46. The number of nitrogen functional groups attached to an aromatic ring is 1. The fourth-order valence-corrected chi connectivity index (χ4v) is 5.34. The van der Waals surface area contributed by atoms with Crippen LogP contribution < -0.4 is 10.3 Å². The summed E-state index contributed by atoms with van der Waals surface area (Å²) in [6, 6.07) is 16.8. The molecule has 168 valence electrons. The van der Waals surface area contributed by atoms with Gasteiger partial charge in [0, 0.05) is 18.5 Å². The lowest BCUT2D eigenvalue weighted by atomic mass is 10.1. The summed E-state index contributed by atoms with van der Waals surface area (Å²) in [7, 11) is 1.97. The molecule has 1 aliphatic rings. The van der Waals surface area contributed by atoms with Gasteiger partial charge >= 0.3 is 5.13 Å². The first-order valence-electron chi connectivity index (χ1n) is 10.8. The summed E-state index contributed by atoms with van der Waals surface area (Å²) in [5.74, 6) is -0.235. The van der Waals surface area contributed by atoms with E-state index in [2.05, 4.69) is 0 Å². The summed E-state index contributed by atoms with van der Waals surface area (Å²) in [5, 5.41) is 5.51. The third-order valence-corrected chi connectivity index (χ3v) is 7.27. The van der Waals surface area contributed by atoms with Crippen molar-refractivity contribution in [2.45, 2.75) is 26.4 Å². The van der Waals surface area contributed by atoms with Crippen LogP contribution in [0.5, 0.6) is 0 Å². The minimum Gasteiger partial charge on any atom is -0.335 e. The molecule has 0 atom stereocenters. The smallest absolute Gasteiger partial charge is 0.331 e. The Morgan fingerprint density at radius 3 is 2.73 bits per heavy atom. The lowest BCUT2D eigenvalue weighted by molar-refractivity contribution is -0.660. The van der Waals surface area contributed by atoms with Crippen molar-refractivity contribution in [2.24, 2.45) is 7.05 Å². The molecule has 2 aromatic carbocycles. The number of benzene rings is 2. The summed E-state index contributed by atoms with van der Waals surface area (Å²) in [6.45, 7) is 3.09. The second kappa shape index (κ2) is 8.44. The number of carbonyl (C=O) groups is 1. The van der Waals surface area contributed by atoms with Crippen LogP contribution in [0.15, 0.2) is 54.6 Å². The van der Waals surface area contributed by atoms with Crippen LogP contribution in [0.3, 0.4) is 0 Å². The molecule has 5 rings (SSSR count). The van der Waals surface area contributed by atoms with Gasteiger partial charge in [0.25, 0.3) is 0 Å². The molecule has 0 spiro atoms. The fraction of sp³-hybridized carbons (Fsp3) is 0.240. The second-order valence-electron chi connectivity index (χ2n) is 8.34. The van der Waals surface area contributed by atoms with E-state index < -0.39 is 0 Å². The molecule has 0 bridgehead atoms. The van der Waals surface area contributed by atoms with E-state index in [9.17, 15) is 9.18 Å². The Labute approximate surface area is 195 Å². The molecule has 2 aromatic heterocycles. The number of hydrogen-bond donors (Lipinski definition) is 1. The van der Waals surface area contributed by atoms with E-state index in [4.69, 9.17) is 10.8 Å². The van der Waals surface area contributed by atoms with Crippen LogP contribution in [0.1, 0.15) is 16.1 Å². The molecule has 8 heteroatoms. The first-order valence-corrected chi connectivity index (χ1v) is 11.7. The first-order chi connectivity index (χ1) is 15.9. The van der Waals surface area contributed by atoms with Crippen LogP contribution in [-0.2, 0) is 31.4 Å². The number of hydrogen-bond acceptors (Lipinski definition) is 4. The molecule has 6 nitrogen and oxygen atoms in total. The Bertz CT molecular complexity index is 1340. The van der Waals surface area contributed by atoms with Crippen LogP contribution in [0.25, 0.3) is 22.5 Å². The fourth-order valence-electron chi connectivity index (χ4n) is 4.26. The maximum absolute atomic E-state index is 13.8. The number of nitrogens with two attached hydrogens (primary N) is 1. The highest BCUT2D eigenvalue weighted by atomic mass is 32.1. The zero-order valence-electron chi connectivity index (χ0n) is 18.6. The van der Waals surface area contributed by atoms with Gasteiger partial charge in [0.2, 0.25) is 5.91 Å². The van der Waals surface area contributed by atoms with Gasteiger partial charge in [-0.3, -0.25) is 15.2 Å². The van der Waals surface area contributed by atoms with E-state index in [1.54, 1.807) is 35.1 Å². The van der Waals surface area contributed by atoms with E-state index >= 15 is 0 Å². The molecule has 4 aromatic rings. The van der Waals surface area contributed by atoms with Crippen LogP contribution >= 0.6 is 11.3 Å². The highest BCUT2D eigenvalue weighted by Gasteiger charge is 2.28. The highest BCUT2D eigenvalue weighted by molar-refractivity contribution is 7.15. The Morgan fingerprint density at radius 2 is 1.97 bits per heavy atom. The molecule has 0 saturated carbocycles. The molecule has 0 unspecified atom stereocenters.